The number of nitrogens with two attached hydrogens (primary N) is 1. The van der Waals surface area contributed by atoms with Gasteiger partial charge in [-0.15, -0.1) is 11.8 Å². The third-order valence-electron chi connectivity index (χ3n) is 3.61. The number of aliphatic carboxylic acids is 1. The van der Waals surface area contributed by atoms with Crippen molar-refractivity contribution >= 4 is 35.4 Å². The topological polar surface area (TPSA) is 151 Å². The van der Waals surface area contributed by atoms with Crippen LogP contribution in [0.4, 0.5) is 0 Å². The molecule has 0 unspecified atom stereocenters. The summed E-state index contributed by atoms with van der Waals surface area (Å²) in [6.07, 6.45) is 0. The van der Waals surface area contributed by atoms with Crippen molar-refractivity contribution in [3.05, 3.63) is 32.0 Å². The van der Waals surface area contributed by atoms with E-state index >= 15 is 0 Å². The molecule has 2 atom stereocenters. The summed E-state index contributed by atoms with van der Waals surface area (Å²) < 4.78 is 1.29. The fourth-order valence-electron chi connectivity index (χ4n) is 2.43. The Labute approximate surface area is 143 Å². The smallest absolute Gasteiger partial charge is 0.352 e. The van der Waals surface area contributed by atoms with E-state index in [1.54, 1.807) is 0 Å². The molecule has 1 aromatic heterocycles. The number of thioether (sulfide) groups is 2. The Bertz CT molecular complexity index is 875. The van der Waals surface area contributed by atoms with Crippen molar-refractivity contribution in [3.63, 3.8) is 0 Å². The van der Waals surface area contributed by atoms with Crippen LogP contribution in [0.15, 0.2) is 26.0 Å². The summed E-state index contributed by atoms with van der Waals surface area (Å²) in [4.78, 5) is 50.8. The van der Waals surface area contributed by atoms with E-state index in [-0.39, 0.29) is 22.0 Å². The quantitative estimate of drug-likeness (QED) is 0.314. The molecule has 12 heteroatoms. The highest BCUT2D eigenvalue weighted by Crippen LogP contribution is 2.40. The number of aryl methyl sites for hydroxylation is 1. The first-order valence-electron chi connectivity index (χ1n) is 6.77. The van der Waals surface area contributed by atoms with E-state index in [9.17, 15) is 24.3 Å². The van der Waals surface area contributed by atoms with Crippen LogP contribution in [0.3, 0.4) is 0 Å². The Morgan fingerprint density at radius 3 is 2.88 bits per heavy atom. The second-order valence-corrected chi connectivity index (χ2v) is 7.23. The number of hydrogen-bond donors (Lipinski definition) is 3. The summed E-state index contributed by atoms with van der Waals surface area (Å²) in [6, 6.07) is -0.680. The van der Waals surface area contributed by atoms with Gasteiger partial charge in [0, 0.05) is 18.6 Å². The van der Waals surface area contributed by atoms with Crippen LogP contribution < -0.4 is 16.9 Å². The third-order valence-corrected chi connectivity index (χ3v) is 6.09. The number of hydrogen-bond acceptors (Lipinski definition) is 8. The molecule has 128 valence electrons. The molecule has 4 N–H and O–H groups in total. The highest BCUT2D eigenvalue weighted by molar-refractivity contribution is 8.01. The van der Waals surface area contributed by atoms with Gasteiger partial charge in [0.15, 0.2) is 5.16 Å². The first-order valence-corrected chi connectivity index (χ1v) is 8.80. The molecule has 10 nitrogen and oxygen atoms in total. The maximum absolute atomic E-state index is 11.9. The highest BCUT2D eigenvalue weighted by Gasteiger charge is 2.51. The van der Waals surface area contributed by atoms with Crippen LogP contribution in [0.25, 0.3) is 0 Å². The summed E-state index contributed by atoms with van der Waals surface area (Å²) in [5.41, 5.74) is 4.42. The number of aromatic nitrogens is 3. The van der Waals surface area contributed by atoms with Gasteiger partial charge in [0.2, 0.25) is 5.91 Å². The Hall–Kier alpha value is -2.05. The van der Waals surface area contributed by atoms with Gasteiger partial charge in [0.1, 0.15) is 17.1 Å². The van der Waals surface area contributed by atoms with Crippen LogP contribution in [-0.2, 0) is 16.6 Å². The van der Waals surface area contributed by atoms with Crippen molar-refractivity contribution in [2.75, 3.05) is 11.5 Å². The normalized spacial score (nSPS) is 23.1. The summed E-state index contributed by atoms with van der Waals surface area (Å²) in [6.45, 7) is 0. The Kier molecular flexibility index (Phi) is 4.27. The number of rotatable bonds is 4. The number of carbonyl (C=O) groups is 2. The van der Waals surface area contributed by atoms with Crippen molar-refractivity contribution in [2.45, 2.75) is 16.6 Å². The average Bonchev–Trinajstić information content (AvgIpc) is 2.55. The van der Waals surface area contributed by atoms with Gasteiger partial charge >= 0.3 is 17.1 Å². The molecule has 0 aromatic carbocycles. The van der Waals surface area contributed by atoms with E-state index < -0.39 is 29.0 Å². The number of nitrogens with one attached hydrogen (secondary N) is 1. The lowest BCUT2D eigenvalue weighted by Gasteiger charge is -2.48. The van der Waals surface area contributed by atoms with Crippen molar-refractivity contribution in [1.29, 1.82) is 0 Å². The number of H-pyrrole nitrogens is 1. The zero-order valence-corrected chi connectivity index (χ0v) is 14.0. The van der Waals surface area contributed by atoms with Crippen LogP contribution >= 0.6 is 23.5 Å². The maximum atomic E-state index is 11.9. The number of fused-ring (bicyclic) bond motifs is 1. The second kappa shape index (κ2) is 6.11. The van der Waals surface area contributed by atoms with Gasteiger partial charge < -0.3 is 10.8 Å². The molecule has 1 amide bonds. The van der Waals surface area contributed by atoms with Gasteiger partial charge in [-0.3, -0.25) is 29.1 Å². The summed E-state index contributed by atoms with van der Waals surface area (Å²) in [5.74, 6) is -0.984. The van der Waals surface area contributed by atoms with E-state index in [2.05, 4.69) is 10.1 Å². The zero-order valence-electron chi connectivity index (χ0n) is 12.4. The van der Waals surface area contributed by atoms with Gasteiger partial charge in [-0.1, -0.05) is 11.8 Å². The lowest BCUT2D eigenvalue weighted by Crippen LogP contribution is -2.68. The SMILES string of the molecule is Cn1[nH]c(=O)c(=O)nc1SCC1=C(C(=O)O)N2C(=O)[C@H](N)[C@@H]2SC1. The lowest BCUT2D eigenvalue weighted by atomic mass is 10.0. The number of amides is 1. The number of carbonyl (C=O) groups excluding carboxylic acids is 1. The molecule has 0 saturated carbocycles. The first-order chi connectivity index (χ1) is 11.3. The third kappa shape index (κ3) is 2.65. The number of aromatic amines is 1. The predicted molar refractivity (Wildman–Crippen MR) is 86.6 cm³/mol. The largest absolute Gasteiger partial charge is 0.477 e. The van der Waals surface area contributed by atoms with Gasteiger partial charge in [-0.2, -0.15) is 4.98 Å². The predicted octanol–water partition coefficient (Wildman–Crippen LogP) is -1.86. The van der Waals surface area contributed by atoms with Gasteiger partial charge in [-0.25, -0.2) is 4.79 Å². The minimum Gasteiger partial charge on any atom is -0.477 e. The molecule has 1 fully saturated rings. The van der Waals surface area contributed by atoms with E-state index in [4.69, 9.17) is 5.73 Å². The fourth-order valence-corrected chi connectivity index (χ4v) is 4.78. The van der Waals surface area contributed by atoms with Gasteiger partial charge in [0.05, 0.1) is 0 Å². The molecule has 1 aromatic rings. The van der Waals surface area contributed by atoms with Crippen molar-refractivity contribution < 1.29 is 14.7 Å². The highest BCUT2D eigenvalue weighted by atomic mass is 32.2. The Morgan fingerprint density at radius 2 is 2.21 bits per heavy atom. The van der Waals surface area contributed by atoms with E-state index in [0.717, 1.165) is 11.8 Å². The number of carboxylic acid groups (broad SMARTS) is 1. The van der Waals surface area contributed by atoms with Gasteiger partial charge in [0.25, 0.3) is 0 Å². The van der Waals surface area contributed by atoms with Crippen LogP contribution in [0.5, 0.6) is 0 Å². The molecule has 2 aliphatic rings. The zero-order chi connectivity index (χ0) is 17.6. The molecule has 24 heavy (non-hydrogen) atoms. The Morgan fingerprint density at radius 1 is 1.50 bits per heavy atom. The maximum Gasteiger partial charge on any atom is 0.352 e. The molecule has 3 heterocycles. The lowest BCUT2D eigenvalue weighted by molar-refractivity contribution is -0.147. The molecule has 0 radical (unpaired) electrons. The standard InChI is InChI=1S/C12H13N5O5S2/c1-16-12(14-7(18)8(19)15-16)24-3-4-2-23-10-5(13)9(20)17(10)6(4)11(21)22/h5,10H,2-3,13H2,1H3,(H,15,19)(H,21,22)/t5-,10-/m0/s1. The second-order valence-electron chi connectivity index (χ2n) is 5.18. The molecular formula is C12H13N5O5S2. The molecule has 3 rings (SSSR count). The van der Waals surface area contributed by atoms with Crippen molar-refractivity contribution in [1.82, 2.24) is 19.7 Å². The molecular weight excluding hydrogens is 358 g/mol. The van der Waals surface area contributed by atoms with Crippen molar-refractivity contribution in [3.8, 4) is 0 Å². The van der Waals surface area contributed by atoms with E-state index in [0.29, 0.717) is 11.3 Å². The minimum absolute atomic E-state index is 0.0626. The number of carboxylic acids is 1. The number of nitrogens with zero attached hydrogens (tertiary/aromatic N) is 3. The summed E-state index contributed by atoms with van der Waals surface area (Å²) in [5, 5.41) is 11.6. The van der Waals surface area contributed by atoms with E-state index in [1.165, 1.54) is 28.4 Å². The molecule has 2 aliphatic heterocycles. The first kappa shape index (κ1) is 16.8. The summed E-state index contributed by atoms with van der Waals surface area (Å²) >= 11 is 2.50. The van der Waals surface area contributed by atoms with Crippen LogP contribution in [-0.4, -0.2) is 59.6 Å². The Balaban J connectivity index is 1.87. The molecule has 1 saturated heterocycles. The monoisotopic (exact) mass is 371 g/mol. The van der Waals surface area contributed by atoms with E-state index in [1.807, 2.05) is 0 Å². The molecule has 0 aliphatic carbocycles. The fraction of sp³-hybridized carbons (Fsp3) is 0.417. The van der Waals surface area contributed by atoms with Crippen LogP contribution in [0, 0.1) is 0 Å². The molecule has 0 bridgehead atoms. The van der Waals surface area contributed by atoms with Crippen molar-refractivity contribution in [2.24, 2.45) is 12.8 Å². The van der Waals surface area contributed by atoms with Crippen LogP contribution in [0.2, 0.25) is 0 Å². The van der Waals surface area contributed by atoms with Gasteiger partial charge in [-0.05, 0) is 5.57 Å². The minimum atomic E-state index is -1.19. The van der Waals surface area contributed by atoms with Crippen LogP contribution in [0.1, 0.15) is 0 Å². The summed E-state index contributed by atoms with van der Waals surface area (Å²) in [7, 11) is 1.52. The average molecular weight is 371 g/mol. The molecule has 0 spiro atoms. The number of β-lactam (4-membered cyclic amide) rings is 1.